The number of nitro benzene ring substituents is 1. The molecule has 4 rings (SSSR count). The molecule has 2 aromatic carbocycles. The lowest BCUT2D eigenvalue weighted by Crippen LogP contribution is -2.33. The van der Waals surface area contributed by atoms with Crippen LogP contribution in [0, 0.1) is 10.1 Å². The summed E-state index contributed by atoms with van der Waals surface area (Å²) in [7, 11) is 1.66. The van der Waals surface area contributed by atoms with Crippen LogP contribution in [0.4, 0.5) is 11.4 Å². The van der Waals surface area contributed by atoms with Gasteiger partial charge in [0.25, 0.3) is 5.69 Å². The van der Waals surface area contributed by atoms with Gasteiger partial charge in [0, 0.05) is 25.2 Å². The Morgan fingerprint density at radius 1 is 1.21 bits per heavy atom. The molecule has 3 aromatic rings. The molecule has 7 nitrogen and oxygen atoms in total. The molecule has 1 aliphatic rings. The molecule has 0 radical (unpaired) electrons. The first-order chi connectivity index (χ1) is 11.7. The summed E-state index contributed by atoms with van der Waals surface area (Å²) in [5, 5.41) is 10.9. The van der Waals surface area contributed by atoms with Gasteiger partial charge >= 0.3 is 0 Å². The molecule has 7 heteroatoms. The van der Waals surface area contributed by atoms with E-state index >= 15 is 0 Å². The Hall–Kier alpha value is -3.09. The van der Waals surface area contributed by atoms with E-state index in [9.17, 15) is 10.1 Å². The number of methoxy groups -OCH3 is 1. The van der Waals surface area contributed by atoms with Gasteiger partial charge in [0.15, 0.2) is 0 Å². The van der Waals surface area contributed by atoms with Crippen LogP contribution in [0.1, 0.15) is 5.82 Å². The smallest absolute Gasteiger partial charge is 0.271 e. The van der Waals surface area contributed by atoms with E-state index in [1.165, 1.54) is 12.1 Å². The van der Waals surface area contributed by atoms with Crippen molar-refractivity contribution < 1.29 is 9.66 Å². The van der Waals surface area contributed by atoms with Gasteiger partial charge in [-0.2, -0.15) is 0 Å². The third-order valence-corrected chi connectivity index (χ3v) is 4.37. The molecular formula is C17H16N4O3. The van der Waals surface area contributed by atoms with Crippen LogP contribution in [0.3, 0.4) is 0 Å². The molecule has 0 atom stereocenters. The summed E-state index contributed by atoms with van der Waals surface area (Å²) in [4.78, 5) is 17.4. The van der Waals surface area contributed by atoms with E-state index in [-0.39, 0.29) is 10.6 Å². The van der Waals surface area contributed by atoms with Crippen LogP contribution < -0.4 is 9.64 Å². The number of para-hydroxylation sites is 2. The lowest BCUT2D eigenvalue weighted by Gasteiger charge is -2.30. The number of aromatic nitrogens is 2. The molecule has 0 saturated heterocycles. The molecule has 122 valence electrons. The fourth-order valence-corrected chi connectivity index (χ4v) is 3.22. The highest BCUT2D eigenvalue weighted by atomic mass is 16.6. The average Bonchev–Trinajstić information content (AvgIpc) is 2.98. The SMILES string of the molecule is COc1ccccc1N1CCn2c(nc3cc([N+](=O)[O-])ccc32)C1. The van der Waals surface area contributed by atoms with Crippen LogP contribution in [-0.2, 0) is 13.1 Å². The van der Waals surface area contributed by atoms with E-state index in [0.29, 0.717) is 12.1 Å². The topological polar surface area (TPSA) is 73.4 Å². The molecule has 0 amide bonds. The molecule has 24 heavy (non-hydrogen) atoms. The van der Waals surface area contributed by atoms with E-state index in [4.69, 9.17) is 4.74 Å². The number of nitro groups is 1. The van der Waals surface area contributed by atoms with Crippen molar-refractivity contribution in [1.29, 1.82) is 0 Å². The number of nitrogens with zero attached hydrogens (tertiary/aromatic N) is 4. The Balaban J connectivity index is 1.72. The van der Waals surface area contributed by atoms with Crippen molar-refractivity contribution in [2.45, 2.75) is 13.1 Å². The lowest BCUT2D eigenvalue weighted by molar-refractivity contribution is -0.384. The van der Waals surface area contributed by atoms with Crippen LogP contribution in [0.25, 0.3) is 11.0 Å². The highest BCUT2D eigenvalue weighted by molar-refractivity contribution is 5.79. The van der Waals surface area contributed by atoms with Gasteiger partial charge in [-0.1, -0.05) is 12.1 Å². The normalized spacial score (nSPS) is 13.8. The Kier molecular flexibility index (Phi) is 3.34. The monoisotopic (exact) mass is 324 g/mol. The Labute approximate surface area is 138 Å². The molecule has 1 aromatic heterocycles. The number of rotatable bonds is 3. The van der Waals surface area contributed by atoms with Gasteiger partial charge in [-0.25, -0.2) is 4.98 Å². The molecule has 0 N–H and O–H groups in total. The number of imidazole rings is 1. The number of non-ortho nitro benzene ring substituents is 1. The maximum Gasteiger partial charge on any atom is 0.271 e. The summed E-state index contributed by atoms with van der Waals surface area (Å²) in [6, 6.07) is 12.7. The Morgan fingerprint density at radius 3 is 2.83 bits per heavy atom. The first-order valence-electron chi connectivity index (χ1n) is 7.69. The number of hydrogen-bond donors (Lipinski definition) is 0. The average molecular weight is 324 g/mol. The predicted molar refractivity (Wildman–Crippen MR) is 90.4 cm³/mol. The fourth-order valence-electron chi connectivity index (χ4n) is 3.22. The third-order valence-electron chi connectivity index (χ3n) is 4.37. The van der Waals surface area contributed by atoms with Crippen LogP contribution in [-0.4, -0.2) is 28.1 Å². The van der Waals surface area contributed by atoms with Crippen molar-refractivity contribution in [1.82, 2.24) is 9.55 Å². The van der Waals surface area contributed by atoms with Crippen molar-refractivity contribution in [3.63, 3.8) is 0 Å². The highest BCUT2D eigenvalue weighted by Crippen LogP contribution is 2.32. The minimum Gasteiger partial charge on any atom is -0.495 e. The zero-order valence-corrected chi connectivity index (χ0v) is 13.2. The summed E-state index contributed by atoms with van der Waals surface area (Å²) >= 11 is 0. The molecule has 0 fully saturated rings. The number of benzene rings is 2. The van der Waals surface area contributed by atoms with Gasteiger partial charge in [0.1, 0.15) is 11.6 Å². The zero-order valence-electron chi connectivity index (χ0n) is 13.2. The lowest BCUT2D eigenvalue weighted by atomic mass is 10.2. The largest absolute Gasteiger partial charge is 0.495 e. The molecule has 0 saturated carbocycles. The van der Waals surface area contributed by atoms with E-state index in [1.807, 2.05) is 24.3 Å². The van der Waals surface area contributed by atoms with E-state index in [0.717, 1.165) is 35.9 Å². The second kappa shape index (κ2) is 5.52. The number of ether oxygens (including phenoxy) is 1. The minimum absolute atomic E-state index is 0.0690. The molecule has 1 aliphatic heterocycles. The van der Waals surface area contributed by atoms with Gasteiger partial charge in [0.2, 0.25) is 0 Å². The van der Waals surface area contributed by atoms with Crippen molar-refractivity contribution in [3.05, 3.63) is 58.4 Å². The molecular weight excluding hydrogens is 308 g/mol. The summed E-state index contributed by atoms with van der Waals surface area (Å²) < 4.78 is 7.57. The van der Waals surface area contributed by atoms with Crippen LogP contribution in [0.2, 0.25) is 0 Å². The van der Waals surface area contributed by atoms with Crippen LogP contribution in [0.5, 0.6) is 5.75 Å². The molecule has 0 bridgehead atoms. The van der Waals surface area contributed by atoms with Crippen molar-refractivity contribution in [3.8, 4) is 5.75 Å². The van der Waals surface area contributed by atoms with Gasteiger partial charge in [-0.15, -0.1) is 0 Å². The summed E-state index contributed by atoms with van der Waals surface area (Å²) in [5.74, 6) is 1.74. The maximum atomic E-state index is 10.9. The Morgan fingerprint density at radius 2 is 2.04 bits per heavy atom. The molecule has 2 heterocycles. The van der Waals surface area contributed by atoms with Crippen molar-refractivity contribution in [2.75, 3.05) is 18.6 Å². The van der Waals surface area contributed by atoms with E-state index in [2.05, 4.69) is 14.5 Å². The van der Waals surface area contributed by atoms with Gasteiger partial charge in [0.05, 0.1) is 35.3 Å². The van der Waals surface area contributed by atoms with Gasteiger partial charge < -0.3 is 14.2 Å². The highest BCUT2D eigenvalue weighted by Gasteiger charge is 2.23. The van der Waals surface area contributed by atoms with Gasteiger partial charge in [-0.05, 0) is 18.2 Å². The second-order valence-electron chi connectivity index (χ2n) is 5.70. The minimum atomic E-state index is -0.390. The van der Waals surface area contributed by atoms with Crippen molar-refractivity contribution >= 4 is 22.4 Å². The summed E-state index contributed by atoms with van der Waals surface area (Å²) in [6.45, 7) is 2.25. The third kappa shape index (κ3) is 2.25. The molecule has 0 spiro atoms. The Bertz CT molecular complexity index is 935. The van der Waals surface area contributed by atoms with Gasteiger partial charge in [-0.3, -0.25) is 10.1 Å². The first kappa shape index (κ1) is 14.5. The van der Waals surface area contributed by atoms with Crippen molar-refractivity contribution in [2.24, 2.45) is 0 Å². The molecule has 0 aliphatic carbocycles. The van der Waals surface area contributed by atoms with Crippen LogP contribution >= 0.6 is 0 Å². The first-order valence-corrected chi connectivity index (χ1v) is 7.69. The fraction of sp³-hybridized carbons (Fsp3) is 0.235. The summed E-state index contributed by atoms with van der Waals surface area (Å²) in [5.41, 5.74) is 2.71. The number of hydrogen-bond acceptors (Lipinski definition) is 5. The maximum absolute atomic E-state index is 10.9. The predicted octanol–water partition coefficient (Wildman–Crippen LogP) is 2.97. The van der Waals surface area contributed by atoms with E-state index in [1.54, 1.807) is 13.2 Å². The number of fused-ring (bicyclic) bond motifs is 3. The number of anilines is 1. The standard InChI is InChI=1S/C17H16N4O3/c1-24-16-5-3-2-4-15(16)19-8-9-20-14-7-6-12(21(22)23)10-13(14)18-17(20)11-19/h2-7,10H,8-9,11H2,1H3. The zero-order chi connectivity index (χ0) is 16.7. The van der Waals surface area contributed by atoms with E-state index < -0.39 is 0 Å². The second-order valence-corrected chi connectivity index (χ2v) is 5.70. The van der Waals surface area contributed by atoms with Crippen LogP contribution in [0.15, 0.2) is 42.5 Å². The quantitative estimate of drug-likeness (QED) is 0.547. The summed E-state index contributed by atoms with van der Waals surface area (Å²) in [6.07, 6.45) is 0. The molecule has 0 unspecified atom stereocenters.